The number of ether oxygens (including phenoxy) is 2. The molecule has 0 radical (unpaired) electrons. The van der Waals surface area contributed by atoms with E-state index in [2.05, 4.69) is 5.32 Å². The van der Waals surface area contributed by atoms with Crippen LogP contribution in [0.3, 0.4) is 0 Å². The highest BCUT2D eigenvalue weighted by molar-refractivity contribution is 8.00. The maximum atomic E-state index is 12.0. The molecule has 0 saturated heterocycles. The van der Waals surface area contributed by atoms with Crippen LogP contribution in [0.2, 0.25) is 0 Å². The first kappa shape index (κ1) is 17.2. The third-order valence-corrected chi connectivity index (χ3v) is 3.12. The summed E-state index contributed by atoms with van der Waals surface area (Å²) in [5.74, 6) is 0.142. The van der Waals surface area contributed by atoms with Crippen LogP contribution < -0.4 is 14.8 Å². The first-order valence-corrected chi connectivity index (χ1v) is 6.62. The zero-order chi connectivity index (χ0) is 16.0. The molecule has 0 aliphatic rings. The van der Waals surface area contributed by atoms with Gasteiger partial charge in [0.2, 0.25) is 0 Å². The number of thioether (sulfide) groups is 1. The Morgan fingerprint density at radius 2 is 1.86 bits per heavy atom. The molecule has 0 aromatic heterocycles. The van der Waals surface area contributed by atoms with Crippen molar-refractivity contribution in [2.45, 2.75) is 5.51 Å². The van der Waals surface area contributed by atoms with Gasteiger partial charge in [0.25, 0.3) is 5.69 Å². The standard InChI is InChI=1S/C11H13F3N2O4S/c1-19-9-5-7(15-3-4-21-11(12,13)14)8(16(17)18)6-10(9)20-2/h5-6,15H,3-4H2,1-2H3. The normalized spacial score (nSPS) is 11.1. The maximum Gasteiger partial charge on any atom is 0.441 e. The van der Waals surface area contributed by atoms with Gasteiger partial charge in [0.1, 0.15) is 5.69 Å². The zero-order valence-electron chi connectivity index (χ0n) is 11.2. The summed E-state index contributed by atoms with van der Waals surface area (Å²) in [6, 6.07) is 2.47. The molecule has 0 unspecified atom stereocenters. The molecule has 1 N–H and O–H groups in total. The van der Waals surface area contributed by atoms with Gasteiger partial charge in [-0.3, -0.25) is 10.1 Å². The number of nitro groups is 1. The summed E-state index contributed by atoms with van der Waals surface area (Å²) in [5, 5.41) is 13.6. The molecule has 0 aliphatic carbocycles. The number of hydrogen-bond acceptors (Lipinski definition) is 6. The van der Waals surface area contributed by atoms with Crippen molar-refractivity contribution in [1.29, 1.82) is 0 Å². The molecule has 118 valence electrons. The van der Waals surface area contributed by atoms with Gasteiger partial charge in [0.15, 0.2) is 11.5 Å². The topological polar surface area (TPSA) is 73.6 Å². The van der Waals surface area contributed by atoms with Crippen LogP contribution in [0, 0.1) is 10.1 Å². The van der Waals surface area contributed by atoms with E-state index in [9.17, 15) is 23.3 Å². The Morgan fingerprint density at radius 1 is 1.29 bits per heavy atom. The molecule has 0 fully saturated rings. The molecule has 1 rings (SSSR count). The minimum Gasteiger partial charge on any atom is -0.493 e. The fourth-order valence-electron chi connectivity index (χ4n) is 1.51. The number of benzene rings is 1. The molecular formula is C11H13F3N2O4S. The van der Waals surface area contributed by atoms with Crippen molar-refractivity contribution in [3.63, 3.8) is 0 Å². The molecule has 21 heavy (non-hydrogen) atoms. The van der Waals surface area contributed by atoms with Gasteiger partial charge in [-0.1, -0.05) is 0 Å². The second-order valence-electron chi connectivity index (χ2n) is 3.70. The van der Waals surface area contributed by atoms with Gasteiger partial charge in [-0.25, -0.2) is 0 Å². The average Bonchev–Trinajstić information content (AvgIpc) is 2.41. The number of hydrogen-bond donors (Lipinski definition) is 1. The second-order valence-corrected chi connectivity index (χ2v) is 4.86. The monoisotopic (exact) mass is 326 g/mol. The predicted octanol–water partition coefficient (Wildman–Crippen LogP) is 3.28. The Hall–Kier alpha value is -1.84. The van der Waals surface area contributed by atoms with Gasteiger partial charge in [-0.05, 0) is 11.8 Å². The lowest BCUT2D eigenvalue weighted by Gasteiger charge is -2.12. The largest absolute Gasteiger partial charge is 0.493 e. The molecule has 0 atom stereocenters. The van der Waals surface area contributed by atoms with Gasteiger partial charge in [0, 0.05) is 18.4 Å². The van der Waals surface area contributed by atoms with E-state index in [1.165, 1.54) is 20.3 Å². The molecule has 0 spiro atoms. The van der Waals surface area contributed by atoms with Crippen LogP contribution in [0.25, 0.3) is 0 Å². The molecule has 0 aliphatic heterocycles. The molecule has 1 aromatic carbocycles. The first-order chi connectivity index (χ1) is 9.78. The van der Waals surface area contributed by atoms with E-state index in [4.69, 9.17) is 9.47 Å². The summed E-state index contributed by atoms with van der Waals surface area (Å²) >= 11 is -0.204. The number of nitrogens with one attached hydrogen (secondary N) is 1. The minimum absolute atomic E-state index is 0.0698. The second kappa shape index (κ2) is 7.25. The summed E-state index contributed by atoms with van der Waals surface area (Å²) in [5.41, 5.74) is -4.56. The number of nitrogens with zero attached hydrogens (tertiary/aromatic N) is 1. The van der Waals surface area contributed by atoms with Crippen molar-refractivity contribution in [2.24, 2.45) is 0 Å². The minimum atomic E-state index is -4.33. The number of anilines is 1. The zero-order valence-corrected chi connectivity index (χ0v) is 12.0. The fourth-order valence-corrected chi connectivity index (χ4v) is 1.95. The molecule has 0 bridgehead atoms. The van der Waals surface area contributed by atoms with Gasteiger partial charge in [0.05, 0.1) is 25.2 Å². The van der Waals surface area contributed by atoms with Crippen LogP contribution in [0.15, 0.2) is 12.1 Å². The average molecular weight is 326 g/mol. The molecule has 0 heterocycles. The molecule has 1 aromatic rings. The summed E-state index contributed by atoms with van der Waals surface area (Å²) in [6.07, 6.45) is 0. The molecule has 10 heteroatoms. The number of nitro benzene ring substituents is 1. The number of methoxy groups -OCH3 is 2. The van der Waals surface area contributed by atoms with E-state index < -0.39 is 10.4 Å². The molecule has 6 nitrogen and oxygen atoms in total. The van der Waals surface area contributed by atoms with Crippen molar-refractivity contribution in [3.8, 4) is 11.5 Å². The highest BCUT2D eigenvalue weighted by atomic mass is 32.2. The highest BCUT2D eigenvalue weighted by Gasteiger charge is 2.27. The summed E-state index contributed by atoms with van der Waals surface area (Å²) in [6.45, 7) is -0.0828. The maximum absolute atomic E-state index is 12.0. The Bertz CT molecular complexity index is 511. The van der Waals surface area contributed by atoms with Crippen LogP contribution >= 0.6 is 11.8 Å². The third-order valence-electron chi connectivity index (χ3n) is 2.38. The molecular weight excluding hydrogens is 313 g/mol. The smallest absolute Gasteiger partial charge is 0.441 e. The Morgan fingerprint density at radius 3 is 2.33 bits per heavy atom. The van der Waals surface area contributed by atoms with Crippen molar-refractivity contribution >= 4 is 23.1 Å². The lowest BCUT2D eigenvalue weighted by molar-refractivity contribution is -0.384. The summed E-state index contributed by atoms with van der Waals surface area (Å²) < 4.78 is 45.9. The Kier molecular flexibility index (Phi) is 5.94. The first-order valence-electron chi connectivity index (χ1n) is 5.63. The third kappa shape index (κ3) is 5.21. The number of rotatable bonds is 7. The SMILES string of the molecule is COc1cc(NCCSC(F)(F)F)c([N+](=O)[O-])cc1OC. The van der Waals surface area contributed by atoms with Crippen LogP contribution in [0.1, 0.15) is 0 Å². The summed E-state index contributed by atoms with van der Waals surface area (Å²) in [7, 11) is 2.68. The van der Waals surface area contributed by atoms with Crippen LogP contribution in [-0.2, 0) is 0 Å². The number of halogens is 3. The van der Waals surface area contributed by atoms with Gasteiger partial charge in [-0.2, -0.15) is 13.2 Å². The lowest BCUT2D eigenvalue weighted by atomic mass is 10.2. The number of alkyl halides is 3. The van der Waals surface area contributed by atoms with Crippen molar-refractivity contribution < 1.29 is 27.6 Å². The molecule has 0 amide bonds. The summed E-state index contributed by atoms with van der Waals surface area (Å²) in [4.78, 5) is 10.3. The predicted molar refractivity (Wildman–Crippen MR) is 73.2 cm³/mol. The van der Waals surface area contributed by atoms with E-state index in [-0.39, 0.29) is 46.9 Å². The van der Waals surface area contributed by atoms with E-state index in [0.717, 1.165) is 6.07 Å². The molecule has 0 saturated carbocycles. The Labute approximate surface area is 122 Å². The lowest BCUT2D eigenvalue weighted by Crippen LogP contribution is -2.10. The van der Waals surface area contributed by atoms with E-state index >= 15 is 0 Å². The van der Waals surface area contributed by atoms with E-state index in [0.29, 0.717) is 0 Å². The van der Waals surface area contributed by atoms with E-state index in [1.54, 1.807) is 0 Å². The van der Waals surface area contributed by atoms with Gasteiger partial charge >= 0.3 is 5.51 Å². The highest BCUT2D eigenvalue weighted by Crippen LogP contribution is 2.37. The van der Waals surface area contributed by atoms with Gasteiger partial charge in [-0.15, -0.1) is 0 Å². The fraction of sp³-hybridized carbons (Fsp3) is 0.455. The van der Waals surface area contributed by atoms with Crippen LogP contribution in [0.4, 0.5) is 24.5 Å². The van der Waals surface area contributed by atoms with Crippen molar-refractivity contribution in [1.82, 2.24) is 0 Å². The van der Waals surface area contributed by atoms with Crippen molar-refractivity contribution in [3.05, 3.63) is 22.2 Å². The Balaban J connectivity index is 2.86. The van der Waals surface area contributed by atoms with Gasteiger partial charge < -0.3 is 14.8 Å². The van der Waals surface area contributed by atoms with Crippen molar-refractivity contribution in [2.75, 3.05) is 31.8 Å². The van der Waals surface area contributed by atoms with E-state index in [1.807, 2.05) is 0 Å². The van der Waals surface area contributed by atoms with Crippen LogP contribution in [-0.4, -0.2) is 36.9 Å². The van der Waals surface area contributed by atoms with Crippen LogP contribution in [0.5, 0.6) is 11.5 Å². The quantitative estimate of drug-likeness (QED) is 0.471.